The van der Waals surface area contributed by atoms with Gasteiger partial charge in [-0.05, 0) is 53.8 Å². The van der Waals surface area contributed by atoms with Crippen LogP contribution in [0.25, 0.3) is 10.8 Å². The Labute approximate surface area is 216 Å². The first-order chi connectivity index (χ1) is 17.4. The second-order valence-corrected chi connectivity index (χ2v) is 10.6. The van der Waals surface area contributed by atoms with Crippen molar-refractivity contribution in [3.8, 4) is 5.88 Å². The van der Waals surface area contributed by atoms with Crippen LogP contribution in [0.1, 0.15) is 40.7 Å². The standard InChI is InChI=1S/C27H25ClN4O3S/c1-32-27(35-16-17-9-10-18-6-2-3-7-19(18)14-17)21(15-30-32)26(33)20-11-12-22(29)25(24(20)28)31-23-8-4-5-13-36(23)34/h2-3,6-7,9-12,14-15H,4-5,8,13,16,29H2,1H3. The van der Waals surface area contributed by atoms with Crippen LogP contribution in [0.5, 0.6) is 5.88 Å². The zero-order chi connectivity index (χ0) is 25.2. The van der Waals surface area contributed by atoms with Crippen LogP contribution in [0.2, 0.25) is 5.02 Å². The van der Waals surface area contributed by atoms with E-state index < -0.39 is 10.8 Å². The molecule has 2 heterocycles. The highest BCUT2D eigenvalue weighted by atomic mass is 35.5. The van der Waals surface area contributed by atoms with E-state index in [0.717, 1.165) is 29.2 Å². The third-order valence-corrected chi connectivity index (χ3v) is 8.04. The molecule has 1 unspecified atom stereocenters. The number of rotatable bonds is 6. The molecule has 0 aliphatic carbocycles. The molecule has 9 heteroatoms. The van der Waals surface area contributed by atoms with Gasteiger partial charge in [-0.1, -0.05) is 48.0 Å². The highest BCUT2D eigenvalue weighted by molar-refractivity contribution is 8.00. The van der Waals surface area contributed by atoms with Crippen LogP contribution in [0.15, 0.2) is 65.8 Å². The molecule has 36 heavy (non-hydrogen) atoms. The van der Waals surface area contributed by atoms with E-state index in [2.05, 4.69) is 22.2 Å². The second kappa shape index (κ2) is 10.2. The molecule has 1 aromatic heterocycles. The fraction of sp³-hybridized carbons (Fsp3) is 0.222. The number of hydrogen-bond donors (Lipinski definition) is 1. The Bertz CT molecular complexity index is 1530. The zero-order valence-corrected chi connectivity index (χ0v) is 21.3. The molecule has 0 spiro atoms. The first-order valence-electron chi connectivity index (χ1n) is 11.6. The molecule has 1 saturated heterocycles. The minimum atomic E-state index is -1.16. The molecular weight excluding hydrogens is 496 g/mol. The van der Waals surface area contributed by atoms with Gasteiger partial charge in [0, 0.05) is 18.4 Å². The first kappa shape index (κ1) is 24.2. The van der Waals surface area contributed by atoms with Gasteiger partial charge in [0.05, 0.1) is 27.7 Å². The predicted octanol–water partition coefficient (Wildman–Crippen LogP) is 5.58. The molecule has 0 amide bonds. The van der Waals surface area contributed by atoms with E-state index in [0.29, 0.717) is 28.8 Å². The molecule has 4 aromatic rings. The maximum absolute atomic E-state index is 13.5. The topological polar surface area (TPSA) is 99.6 Å². The van der Waals surface area contributed by atoms with Crippen LogP contribution < -0.4 is 10.5 Å². The van der Waals surface area contributed by atoms with Crippen molar-refractivity contribution in [2.75, 3.05) is 11.5 Å². The normalized spacial score (nSPS) is 16.9. The number of nitrogens with zero attached hydrogens (tertiary/aromatic N) is 3. The van der Waals surface area contributed by atoms with Crippen molar-refractivity contribution in [2.24, 2.45) is 12.0 Å². The largest absolute Gasteiger partial charge is 0.472 e. The number of aromatic nitrogens is 2. The lowest BCUT2D eigenvalue weighted by molar-refractivity contribution is 0.103. The summed E-state index contributed by atoms with van der Waals surface area (Å²) in [4.78, 5) is 18.1. The van der Waals surface area contributed by atoms with Gasteiger partial charge in [-0.2, -0.15) is 5.10 Å². The summed E-state index contributed by atoms with van der Waals surface area (Å²) in [7, 11) is 0.554. The van der Waals surface area contributed by atoms with Crippen molar-refractivity contribution in [3.05, 3.63) is 82.5 Å². The highest BCUT2D eigenvalue weighted by Gasteiger charge is 2.24. The number of nitrogens with two attached hydrogens (primary N) is 1. The van der Waals surface area contributed by atoms with Gasteiger partial charge < -0.3 is 10.5 Å². The monoisotopic (exact) mass is 520 g/mol. The van der Waals surface area contributed by atoms with Gasteiger partial charge in [0.25, 0.3) is 0 Å². The van der Waals surface area contributed by atoms with Crippen LogP contribution in [-0.4, -0.2) is 30.6 Å². The number of benzene rings is 3. The molecule has 1 fully saturated rings. The van der Waals surface area contributed by atoms with E-state index in [-0.39, 0.29) is 34.2 Å². The lowest BCUT2D eigenvalue weighted by atomic mass is 10.0. The maximum atomic E-state index is 13.5. The number of nitrogen functional groups attached to an aromatic ring is 1. The minimum absolute atomic E-state index is 0.124. The summed E-state index contributed by atoms with van der Waals surface area (Å²) in [5.74, 6) is 0.554. The number of carbonyl (C=O) groups is 1. The average molecular weight is 521 g/mol. The van der Waals surface area contributed by atoms with Gasteiger partial charge in [-0.3, -0.25) is 9.00 Å². The second-order valence-electron chi connectivity index (χ2n) is 8.66. The van der Waals surface area contributed by atoms with E-state index >= 15 is 0 Å². The van der Waals surface area contributed by atoms with Gasteiger partial charge in [-0.15, -0.1) is 0 Å². The molecule has 1 atom stereocenters. The number of ether oxygens (including phenoxy) is 1. The number of hydrogen-bond acceptors (Lipinski definition) is 6. The summed E-state index contributed by atoms with van der Waals surface area (Å²) in [5.41, 5.74) is 8.22. The number of anilines is 1. The zero-order valence-electron chi connectivity index (χ0n) is 19.7. The van der Waals surface area contributed by atoms with Crippen LogP contribution in [-0.2, 0) is 24.5 Å². The van der Waals surface area contributed by atoms with Crippen LogP contribution in [0.3, 0.4) is 0 Å². The van der Waals surface area contributed by atoms with Crippen molar-refractivity contribution < 1.29 is 13.7 Å². The smallest absolute Gasteiger partial charge is 0.223 e. The summed E-state index contributed by atoms with van der Waals surface area (Å²) < 4.78 is 20.0. The van der Waals surface area contributed by atoms with Crippen LogP contribution in [0.4, 0.5) is 11.4 Å². The summed E-state index contributed by atoms with van der Waals surface area (Å²) in [6.07, 6.45) is 3.90. The summed E-state index contributed by atoms with van der Waals surface area (Å²) >= 11 is 6.64. The first-order valence-corrected chi connectivity index (χ1v) is 13.3. The number of aliphatic imine (C=N–C) groups is 1. The lowest BCUT2D eigenvalue weighted by Gasteiger charge is -2.14. The molecule has 0 radical (unpaired) electrons. The summed E-state index contributed by atoms with van der Waals surface area (Å²) in [6, 6.07) is 17.4. The Morgan fingerprint density at radius 2 is 1.94 bits per heavy atom. The van der Waals surface area contributed by atoms with E-state index in [1.54, 1.807) is 19.2 Å². The minimum Gasteiger partial charge on any atom is -0.472 e. The van der Waals surface area contributed by atoms with Gasteiger partial charge in [0.15, 0.2) is 0 Å². The van der Waals surface area contributed by atoms with Crippen LogP contribution >= 0.6 is 11.6 Å². The number of carbonyl (C=O) groups excluding carboxylic acids is 1. The molecular formula is C27H25ClN4O3S. The quantitative estimate of drug-likeness (QED) is 0.264. The molecule has 5 rings (SSSR count). The Morgan fingerprint density at radius 1 is 1.14 bits per heavy atom. The number of ketones is 1. The highest BCUT2D eigenvalue weighted by Crippen LogP contribution is 2.37. The van der Waals surface area contributed by atoms with Crippen molar-refractivity contribution in [1.29, 1.82) is 0 Å². The van der Waals surface area contributed by atoms with Gasteiger partial charge in [-0.25, -0.2) is 9.67 Å². The maximum Gasteiger partial charge on any atom is 0.223 e. The number of aryl methyl sites for hydroxylation is 1. The van der Waals surface area contributed by atoms with Gasteiger partial charge in [0.1, 0.15) is 22.9 Å². The Hall–Kier alpha value is -3.49. The van der Waals surface area contributed by atoms with Crippen molar-refractivity contribution in [1.82, 2.24) is 9.78 Å². The Balaban J connectivity index is 1.43. The molecule has 0 bridgehead atoms. The third kappa shape index (κ3) is 4.79. The van der Waals surface area contributed by atoms with Crippen molar-refractivity contribution >= 4 is 55.4 Å². The van der Waals surface area contributed by atoms with Gasteiger partial charge >= 0.3 is 0 Å². The molecule has 2 N–H and O–H groups in total. The molecule has 1 aliphatic rings. The van der Waals surface area contributed by atoms with E-state index in [1.165, 1.54) is 10.9 Å². The fourth-order valence-corrected chi connectivity index (χ4v) is 5.79. The summed E-state index contributed by atoms with van der Waals surface area (Å²) in [5, 5.41) is 7.17. The van der Waals surface area contributed by atoms with E-state index in [9.17, 15) is 9.00 Å². The van der Waals surface area contributed by atoms with Crippen molar-refractivity contribution in [2.45, 2.75) is 25.9 Å². The van der Waals surface area contributed by atoms with Gasteiger partial charge in [0.2, 0.25) is 11.7 Å². The van der Waals surface area contributed by atoms with E-state index in [1.807, 2.05) is 30.3 Å². The van der Waals surface area contributed by atoms with Crippen LogP contribution in [0, 0.1) is 0 Å². The Kier molecular flexibility index (Phi) is 6.89. The fourth-order valence-electron chi connectivity index (χ4n) is 4.22. The number of fused-ring (bicyclic) bond motifs is 1. The summed E-state index contributed by atoms with van der Waals surface area (Å²) in [6.45, 7) is 0.269. The van der Waals surface area contributed by atoms with Crippen molar-refractivity contribution in [3.63, 3.8) is 0 Å². The average Bonchev–Trinajstić information content (AvgIpc) is 3.26. The SMILES string of the molecule is Cn1ncc(C(=O)c2ccc(N)c(N=C3CCCCS3=O)c2Cl)c1OCc1ccc2ccccc2c1. The molecule has 7 nitrogen and oxygen atoms in total. The predicted molar refractivity (Wildman–Crippen MR) is 145 cm³/mol. The molecule has 0 saturated carbocycles. The van der Waals surface area contributed by atoms with E-state index in [4.69, 9.17) is 22.1 Å². The third-order valence-electron chi connectivity index (χ3n) is 6.18. The molecule has 184 valence electrons. The molecule has 3 aromatic carbocycles. The lowest BCUT2D eigenvalue weighted by Crippen LogP contribution is -2.16. The number of halogens is 1. The Morgan fingerprint density at radius 3 is 2.75 bits per heavy atom. The molecule has 1 aliphatic heterocycles.